The SMILES string of the molecule is CC(=O)O[C@]1(C)C[C@H]2O[C@@H]1CCC(=O)[C@@H](Cl)C[C@@H]2[Se]c1ccccc1.CC(=O)O[C@]1(C)C[C@H]2O[C@@H]1CCC(=O)[C@@H](Cl)C[C@@H]2[Se]c1ccccc1. The van der Waals surface area contributed by atoms with Crippen molar-refractivity contribution in [3.8, 4) is 0 Å². The number of halogens is 2. The molecule has 4 fully saturated rings. The Morgan fingerprint density at radius 2 is 1.04 bits per heavy atom. The van der Waals surface area contributed by atoms with Crippen molar-refractivity contribution in [3.63, 3.8) is 0 Å². The molecule has 10 atom stereocenters. The Labute approximate surface area is 317 Å². The van der Waals surface area contributed by atoms with Crippen LogP contribution in [0.25, 0.3) is 0 Å². The number of rotatable bonds is 6. The number of hydrogen-bond donors (Lipinski definition) is 0. The summed E-state index contributed by atoms with van der Waals surface area (Å²) < 4.78 is 26.4. The van der Waals surface area contributed by atoms with Crippen molar-refractivity contribution in [2.45, 2.75) is 135 Å². The van der Waals surface area contributed by atoms with E-state index in [2.05, 4.69) is 24.3 Å². The quantitative estimate of drug-likeness (QED) is 0.220. The van der Waals surface area contributed by atoms with Crippen molar-refractivity contribution in [3.05, 3.63) is 60.7 Å². The van der Waals surface area contributed by atoms with Crippen LogP contribution in [0, 0.1) is 0 Å². The van der Waals surface area contributed by atoms with E-state index in [9.17, 15) is 19.2 Å². The molecule has 4 aliphatic rings. The Morgan fingerprint density at radius 3 is 1.38 bits per heavy atom. The second-order valence-electron chi connectivity index (χ2n) is 13.9. The minimum atomic E-state index is -0.666. The molecule has 2 aromatic carbocycles. The second kappa shape index (κ2) is 17.4. The molecule has 0 unspecified atom stereocenters. The molecule has 6 rings (SSSR count). The Morgan fingerprint density at radius 1 is 0.680 bits per heavy atom. The molecule has 0 N–H and O–H groups in total. The van der Waals surface area contributed by atoms with Gasteiger partial charge in [0.2, 0.25) is 0 Å². The number of esters is 2. The Kier molecular flexibility index (Phi) is 13.7. The zero-order valence-corrected chi connectivity index (χ0v) is 33.8. The van der Waals surface area contributed by atoms with E-state index >= 15 is 0 Å². The van der Waals surface area contributed by atoms with E-state index in [1.807, 2.05) is 50.2 Å². The topological polar surface area (TPSA) is 105 Å². The Bertz CT molecular complexity index is 1390. The van der Waals surface area contributed by atoms with Gasteiger partial charge in [0.05, 0.1) is 0 Å². The summed E-state index contributed by atoms with van der Waals surface area (Å²) in [5, 5.41) is -0.919. The number of alkyl halides is 2. The molecule has 4 bridgehead atoms. The third-order valence-electron chi connectivity index (χ3n) is 9.78. The normalized spacial score (nSPS) is 35.6. The second-order valence-corrected chi connectivity index (χ2v) is 20.5. The summed E-state index contributed by atoms with van der Waals surface area (Å²) in [5.41, 5.74) is -1.33. The van der Waals surface area contributed by atoms with Crippen LogP contribution in [0.2, 0.25) is 9.63 Å². The molecular weight excluding hydrogens is 813 g/mol. The number of carbonyl (C=O) groups is 4. The molecule has 4 aliphatic heterocycles. The number of benzene rings is 2. The monoisotopic (exact) mass is 860 g/mol. The fourth-order valence-corrected chi connectivity index (χ4v) is 13.7. The summed E-state index contributed by atoms with van der Waals surface area (Å²) in [4.78, 5) is 48.2. The van der Waals surface area contributed by atoms with Crippen LogP contribution in [0.5, 0.6) is 0 Å². The average Bonchev–Trinajstić information content (AvgIpc) is 3.59. The molecule has 12 heteroatoms. The van der Waals surface area contributed by atoms with Crippen molar-refractivity contribution < 1.29 is 38.1 Å². The summed E-state index contributed by atoms with van der Waals surface area (Å²) in [6, 6.07) is 20.5. The zero-order valence-electron chi connectivity index (χ0n) is 28.9. The predicted molar refractivity (Wildman–Crippen MR) is 195 cm³/mol. The maximum absolute atomic E-state index is 12.3. The molecule has 0 spiro atoms. The van der Waals surface area contributed by atoms with E-state index in [-0.39, 0.29) is 87.5 Å². The number of fused-ring (bicyclic) bond motifs is 4. The van der Waals surface area contributed by atoms with Crippen molar-refractivity contribution >= 4 is 85.5 Å². The minimum absolute atomic E-state index is 0.0401. The van der Waals surface area contributed by atoms with E-state index < -0.39 is 22.0 Å². The van der Waals surface area contributed by atoms with E-state index in [1.165, 1.54) is 22.8 Å². The van der Waals surface area contributed by atoms with Crippen molar-refractivity contribution in [1.82, 2.24) is 0 Å². The van der Waals surface area contributed by atoms with Crippen LogP contribution in [0.4, 0.5) is 0 Å². The van der Waals surface area contributed by atoms with Gasteiger partial charge in [0.1, 0.15) is 0 Å². The molecular formula is C38H46Cl2O8Se2. The van der Waals surface area contributed by atoms with Crippen LogP contribution in [0.1, 0.15) is 79.1 Å². The fourth-order valence-electron chi connectivity index (χ4n) is 7.35. The van der Waals surface area contributed by atoms with Gasteiger partial charge in [-0.05, 0) is 0 Å². The molecule has 4 saturated heterocycles. The summed E-state index contributed by atoms with van der Waals surface area (Å²) in [7, 11) is 0. The van der Waals surface area contributed by atoms with Gasteiger partial charge in [-0.2, -0.15) is 0 Å². The van der Waals surface area contributed by atoms with Gasteiger partial charge in [-0.3, -0.25) is 0 Å². The standard InChI is InChI=1S/2C19H23ClO4Se/c2*1-12(21)24-19(2)11-16-17(25-13-6-4-3-5-7-13)10-14(20)15(22)8-9-18(19)23-16/h2*3-7,14,16-18H,8-11H2,1-2H3/t2*14-,16+,17-,18+,19+/m00/s1. The van der Waals surface area contributed by atoms with E-state index in [0.29, 0.717) is 51.4 Å². The van der Waals surface area contributed by atoms with Crippen molar-refractivity contribution in [1.29, 1.82) is 0 Å². The molecule has 4 heterocycles. The number of Topliss-reactive ketones (excluding diaryl/α,β-unsaturated/α-hetero) is 2. The van der Waals surface area contributed by atoms with E-state index in [0.717, 1.165) is 0 Å². The number of carbonyl (C=O) groups excluding carboxylic acids is 4. The van der Waals surface area contributed by atoms with Crippen LogP contribution >= 0.6 is 23.2 Å². The number of ketones is 2. The van der Waals surface area contributed by atoms with Gasteiger partial charge in [-0.15, -0.1) is 0 Å². The number of hydrogen-bond acceptors (Lipinski definition) is 8. The van der Waals surface area contributed by atoms with Crippen LogP contribution in [0.3, 0.4) is 0 Å². The Balaban J connectivity index is 0.000000194. The van der Waals surface area contributed by atoms with Gasteiger partial charge in [0, 0.05) is 0 Å². The van der Waals surface area contributed by atoms with Gasteiger partial charge in [-0.1, -0.05) is 0 Å². The van der Waals surface area contributed by atoms with Gasteiger partial charge in [0.15, 0.2) is 0 Å². The summed E-state index contributed by atoms with van der Waals surface area (Å²) in [6.07, 6.45) is 3.81. The third-order valence-corrected chi connectivity index (χ3v) is 16.3. The molecule has 50 heavy (non-hydrogen) atoms. The average molecular weight is 860 g/mol. The van der Waals surface area contributed by atoms with Crippen LogP contribution in [-0.4, -0.2) is 99.8 Å². The maximum atomic E-state index is 12.3. The Hall–Kier alpha value is -1.74. The van der Waals surface area contributed by atoms with Crippen LogP contribution in [-0.2, 0) is 38.1 Å². The van der Waals surface area contributed by atoms with E-state index in [4.69, 9.17) is 42.1 Å². The van der Waals surface area contributed by atoms with Crippen LogP contribution < -0.4 is 8.92 Å². The molecule has 272 valence electrons. The summed E-state index contributed by atoms with van der Waals surface area (Å²) >= 11 is 13.0. The molecule has 0 saturated carbocycles. The molecule has 2 aromatic rings. The first-order valence-corrected chi connectivity index (χ1v) is 21.8. The van der Waals surface area contributed by atoms with Crippen LogP contribution in [0.15, 0.2) is 60.7 Å². The van der Waals surface area contributed by atoms with Gasteiger partial charge in [0.25, 0.3) is 0 Å². The first kappa shape index (κ1) is 39.5. The third kappa shape index (κ3) is 10.2. The van der Waals surface area contributed by atoms with Gasteiger partial charge < -0.3 is 0 Å². The first-order chi connectivity index (χ1) is 23.7. The molecule has 0 radical (unpaired) electrons. The first-order valence-electron chi connectivity index (χ1n) is 17.2. The predicted octanol–water partition coefficient (Wildman–Crippen LogP) is 5.29. The number of ether oxygens (including phenoxy) is 4. The summed E-state index contributed by atoms with van der Waals surface area (Å²) in [5.74, 6) is -0.477. The molecule has 0 aromatic heterocycles. The van der Waals surface area contributed by atoms with Crippen molar-refractivity contribution in [2.24, 2.45) is 0 Å². The van der Waals surface area contributed by atoms with E-state index in [1.54, 1.807) is 0 Å². The molecule has 0 amide bonds. The molecule has 8 nitrogen and oxygen atoms in total. The van der Waals surface area contributed by atoms with Gasteiger partial charge >= 0.3 is 319 Å². The van der Waals surface area contributed by atoms with Gasteiger partial charge in [-0.25, -0.2) is 0 Å². The summed E-state index contributed by atoms with van der Waals surface area (Å²) in [6.45, 7) is 6.70. The fraction of sp³-hybridized carbons (Fsp3) is 0.579. The van der Waals surface area contributed by atoms with Crippen molar-refractivity contribution in [2.75, 3.05) is 0 Å². The molecule has 0 aliphatic carbocycles. The zero-order chi connectivity index (χ0) is 36.1.